The maximum atomic E-state index is 7.17. The zero-order valence-electron chi connectivity index (χ0n) is 10.0. The topological polar surface area (TPSA) is 60.7 Å². The first kappa shape index (κ1) is 24.2. The van der Waals surface area contributed by atoms with E-state index in [1.807, 2.05) is 0 Å². The fourth-order valence-electron chi connectivity index (χ4n) is 0. The highest BCUT2D eigenvalue weighted by Gasteiger charge is 1.92. The summed E-state index contributed by atoms with van der Waals surface area (Å²) in [5, 5.41) is 21.5. The van der Waals surface area contributed by atoms with Gasteiger partial charge in [0, 0.05) is 0 Å². The highest BCUT2D eigenvalue weighted by atomic mass is 29.5. The lowest BCUT2D eigenvalue weighted by Gasteiger charge is -1.69. The number of rotatable bonds is 0. The van der Waals surface area contributed by atoms with E-state index in [2.05, 4.69) is 0 Å². The van der Waals surface area contributed by atoms with E-state index in [9.17, 15) is 0 Å². The van der Waals surface area contributed by atoms with Crippen molar-refractivity contribution in [2.75, 3.05) is 0 Å². The van der Waals surface area contributed by atoms with Gasteiger partial charge in [0.2, 0.25) is 0 Å². The van der Waals surface area contributed by atoms with E-state index in [1.165, 1.54) is 0 Å². The maximum Gasteiger partial charge on any atom is 0.631 e. The van der Waals surface area contributed by atoms with Crippen molar-refractivity contribution in [2.45, 2.75) is 0 Å². The average Bonchev–Trinajstić information content (AvgIpc) is 1.88. The molecule has 0 aromatic heterocycles. The number of hydrogen-bond acceptors (Lipinski definition) is 3. The first-order chi connectivity index (χ1) is 5.97. The van der Waals surface area contributed by atoms with Crippen LogP contribution < -0.4 is 0 Å². The predicted octanol–water partition coefficient (Wildman–Crippen LogP) is -11.9. The Morgan fingerprint density at radius 2 is 0.615 bits per heavy atom. The largest absolute Gasteiger partial charge is 0.631 e. The van der Waals surface area contributed by atoms with Crippen LogP contribution in [0, 0.1) is 0 Å². The molecule has 0 fully saturated rings. The Bertz CT molecular complexity index is 36.3. The van der Waals surface area contributed by atoms with E-state index in [0.29, 0.717) is 25.7 Å². The predicted molar refractivity (Wildman–Crippen MR) is 97.7 cm³/mol. The fraction of sp³-hybridized carbons (Fsp3) is 0. The second-order valence-corrected chi connectivity index (χ2v) is 57.6. The molecule has 0 spiro atoms. The zero-order chi connectivity index (χ0) is 11.7. The summed E-state index contributed by atoms with van der Waals surface area (Å²) in [6.45, 7) is 0. The van der Waals surface area contributed by atoms with E-state index in [0.717, 1.165) is 0 Å². The summed E-state index contributed by atoms with van der Waals surface area (Å²) in [6, 6.07) is 0. The van der Waals surface area contributed by atoms with Gasteiger partial charge in [0.1, 0.15) is 0 Å². The van der Waals surface area contributed by atoms with Gasteiger partial charge in [0.05, 0.1) is 0 Å². The molecule has 3 N–H and O–H groups in total. The molecule has 84 valence electrons. The molecule has 0 radical (unpaired) electrons. The molecule has 0 aliphatic carbocycles. The minimum atomic E-state index is -2.17. The van der Waals surface area contributed by atoms with E-state index >= 15 is 0 Å². The molecule has 3 nitrogen and oxygen atoms in total. The minimum absolute atomic E-state index is 0.694. The molecule has 0 saturated carbocycles. The van der Waals surface area contributed by atoms with Crippen LogP contribution in [-0.2, 0) is 0 Å². The molecule has 13 heavy (non-hydrogen) atoms. The molecule has 0 bridgehead atoms. The lowest BCUT2D eigenvalue weighted by molar-refractivity contribution is 0.278. The van der Waals surface area contributed by atoms with E-state index in [-0.39, 0.29) is 0 Å². The average molecular weight is 339 g/mol. The molecule has 0 unspecified atom stereocenters. The standard InChI is InChI=1S/BH3O3.3H8Si3/c2-1(3)4;3*1-3-2/h2-4H;3*3H2,1-2H3. The van der Waals surface area contributed by atoms with Crippen LogP contribution in [0.1, 0.15) is 0 Å². The van der Waals surface area contributed by atoms with Gasteiger partial charge < -0.3 is 15.1 Å². The SMILES string of the molecule is OB(O)O.[SiH3][SiH2][SiH3].[SiH3][SiH2][SiH3].[SiH3][SiH2][SiH3]. The molecular weight excluding hydrogens is 312 g/mol. The Hall–Kier alpha value is 1.90. The van der Waals surface area contributed by atoms with Crippen LogP contribution in [0.25, 0.3) is 0 Å². The summed E-state index contributed by atoms with van der Waals surface area (Å²) in [4.78, 5) is 0. The highest BCUT2D eigenvalue weighted by Crippen LogP contribution is 1.40. The van der Waals surface area contributed by atoms with Crippen molar-refractivity contribution < 1.29 is 15.1 Å². The van der Waals surface area contributed by atoms with Gasteiger partial charge in [-0.2, -0.15) is 0 Å². The van der Waals surface area contributed by atoms with Gasteiger partial charge in [0.15, 0.2) is 0 Å². The van der Waals surface area contributed by atoms with Gasteiger partial charge in [-0.1, -0.05) is 0 Å². The van der Waals surface area contributed by atoms with Gasteiger partial charge >= 0.3 is 7.32 Å². The lowest BCUT2D eigenvalue weighted by Crippen LogP contribution is -2.07. The van der Waals surface area contributed by atoms with Gasteiger partial charge in [0.25, 0.3) is 0 Å². The van der Waals surface area contributed by atoms with E-state index in [1.54, 1.807) is 58.6 Å². The normalized spacial score (nSPS) is 10.4. The molecule has 0 aliphatic rings. The first-order valence-corrected chi connectivity index (χ1v) is 39.0. The Morgan fingerprint density at radius 3 is 0.615 bits per heavy atom. The van der Waals surface area contributed by atoms with Gasteiger partial charge in [-0.3, -0.25) is 0 Å². The Kier molecular flexibility index (Phi) is 69.1. The molecule has 0 aliphatic heterocycles. The summed E-state index contributed by atoms with van der Waals surface area (Å²) in [5.41, 5.74) is 0. The van der Waals surface area contributed by atoms with Gasteiger partial charge in [-0.05, 0) is 84.2 Å². The monoisotopic (exact) mass is 338 g/mol. The van der Waals surface area contributed by atoms with E-state index in [4.69, 9.17) is 15.1 Å². The van der Waals surface area contributed by atoms with Crippen molar-refractivity contribution in [3.05, 3.63) is 0 Å². The van der Waals surface area contributed by atoms with Crippen molar-refractivity contribution >= 4 is 91.5 Å². The maximum absolute atomic E-state index is 7.17. The molecular formula is H27BO3Si9. The number of hydrogen-bond donors (Lipinski definition) is 3. The van der Waals surface area contributed by atoms with Crippen molar-refractivity contribution in [1.82, 2.24) is 0 Å². The van der Waals surface area contributed by atoms with Crippen LogP contribution in [-0.4, -0.2) is 107 Å². The van der Waals surface area contributed by atoms with Crippen LogP contribution in [0.4, 0.5) is 0 Å². The van der Waals surface area contributed by atoms with Crippen molar-refractivity contribution in [3.8, 4) is 0 Å². The quantitative estimate of drug-likeness (QED) is 0.385. The van der Waals surface area contributed by atoms with Crippen molar-refractivity contribution in [2.24, 2.45) is 0 Å². The van der Waals surface area contributed by atoms with Crippen molar-refractivity contribution in [1.29, 1.82) is 0 Å². The molecule has 0 heterocycles. The minimum Gasteiger partial charge on any atom is -0.402 e. The Morgan fingerprint density at radius 1 is 0.615 bits per heavy atom. The van der Waals surface area contributed by atoms with Gasteiger partial charge in [-0.15, -0.1) is 0 Å². The summed E-state index contributed by atoms with van der Waals surface area (Å²) < 4.78 is 0. The van der Waals surface area contributed by atoms with E-state index < -0.39 is 7.32 Å². The third-order valence-electron chi connectivity index (χ3n) is 0. The zero-order valence-corrected chi connectivity index (χ0v) is 26.3. The second-order valence-electron chi connectivity index (χ2n) is 2.47. The smallest absolute Gasteiger partial charge is 0.402 e. The molecule has 0 rings (SSSR count). The molecule has 0 amide bonds. The summed E-state index contributed by atoms with van der Waals surface area (Å²) >= 11 is 0. The van der Waals surface area contributed by atoms with Crippen LogP contribution in [0.3, 0.4) is 0 Å². The van der Waals surface area contributed by atoms with Crippen LogP contribution in [0.2, 0.25) is 0 Å². The lowest BCUT2D eigenvalue weighted by atomic mass is 10.3. The Balaban J connectivity index is -0.0000000420. The van der Waals surface area contributed by atoms with Crippen LogP contribution in [0.15, 0.2) is 0 Å². The first-order valence-electron chi connectivity index (χ1n) is 5.02. The fourth-order valence-corrected chi connectivity index (χ4v) is 0. The summed E-state index contributed by atoms with van der Waals surface area (Å²) in [5.74, 6) is 0. The summed E-state index contributed by atoms with van der Waals surface area (Å²) in [6.07, 6.45) is 0. The van der Waals surface area contributed by atoms with Gasteiger partial charge in [-0.25, -0.2) is 0 Å². The van der Waals surface area contributed by atoms with Crippen LogP contribution >= 0.6 is 0 Å². The molecule has 0 aromatic carbocycles. The summed E-state index contributed by atoms with van der Waals surface area (Å²) in [7, 11) is 9.33. The molecule has 0 aromatic rings. The third-order valence-corrected chi connectivity index (χ3v) is 0. The third kappa shape index (κ3) is 547. The highest BCUT2D eigenvalue weighted by molar-refractivity contribution is 7.17. The molecule has 0 atom stereocenters. The van der Waals surface area contributed by atoms with Crippen molar-refractivity contribution in [3.63, 3.8) is 0 Å². The molecule has 13 heteroatoms. The molecule has 0 saturated heterocycles. The Labute approximate surface area is 106 Å². The van der Waals surface area contributed by atoms with Crippen LogP contribution in [0.5, 0.6) is 0 Å². The second kappa shape index (κ2) is 37.1.